The summed E-state index contributed by atoms with van der Waals surface area (Å²) < 4.78 is 0. The second-order valence-electron chi connectivity index (χ2n) is 11.5. The smallest absolute Gasteiger partial charge is 0.243 e. The number of nitrogens with zero attached hydrogens (tertiary/aromatic N) is 1. The highest BCUT2D eigenvalue weighted by atomic mass is 16.2. The SMILES string of the molecule is Cc1cccc(CN(C(=O)CCc2ccc(C(C)C)cc2)[C@@H](Cc2ccccc2)C(=O)NC2CCCCC2)c1. The summed E-state index contributed by atoms with van der Waals surface area (Å²) in [4.78, 5) is 29.7. The lowest BCUT2D eigenvalue weighted by Crippen LogP contribution is -2.52. The molecule has 39 heavy (non-hydrogen) atoms. The lowest BCUT2D eigenvalue weighted by molar-refractivity contribution is -0.141. The van der Waals surface area contributed by atoms with Crippen molar-refractivity contribution in [3.8, 4) is 0 Å². The van der Waals surface area contributed by atoms with Gasteiger partial charge in [0.2, 0.25) is 11.8 Å². The lowest BCUT2D eigenvalue weighted by Gasteiger charge is -2.33. The predicted octanol–water partition coefficient (Wildman–Crippen LogP) is 7.14. The van der Waals surface area contributed by atoms with Gasteiger partial charge in [-0.3, -0.25) is 9.59 Å². The van der Waals surface area contributed by atoms with Gasteiger partial charge in [-0.2, -0.15) is 0 Å². The highest BCUT2D eigenvalue weighted by molar-refractivity contribution is 5.88. The van der Waals surface area contributed by atoms with Crippen molar-refractivity contribution in [2.24, 2.45) is 0 Å². The Morgan fingerprint density at radius 1 is 0.846 bits per heavy atom. The van der Waals surface area contributed by atoms with E-state index in [-0.39, 0.29) is 17.9 Å². The van der Waals surface area contributed by atoms with E-state index in [9.17, 15) is 9.59 Å². The molecular weight excluding hydrogens is 480 g/mol. The molecule has 2 amide bonds. The molecule has 0 unspecified atom stereocenters. The van der Waals surface area contributed by atoms with Crippen LogP contribution in [-0.2, 0) is 29.0 Å². The molecule has 1 aliphatic rings. The third-order valence-corrected chi connectivity index (χ3v) is 7.93. The van der Waals surface area contributed by atoms with E-state index in [1.54, 1.807) is 0 Å². The summed E-state index contributed by atoms with van der Waals surface area (Å²) in [5.41, 5.74) is 5.71. The molecule has 3 aromatic carbocycles. The van der Waals surface area contributed by atoms with Crippen LogP contribution in [0, 0.1) is 6.92 Å². The quantitative estimate of drug-likeness (QED) is 0.290. The van der Waals surface area contributed by atoms with Crippen LogP contribution >= 0.6 is 0 Å². The van der Waals surface area contributed by atoms with Gasteiger partial charge in [-0.15, -0.1) is 0 Å². The molecule has 1 atom stereocenters. The maximum Gasteiger partial charge on any atom is 0.243 e. The maximum absolute atomic E-state index is 14.0. The molecular formula is C35H44N2O2. The Morgan fingerprint density at radius 3 is 2.21 bits per heavy atom. The standard InChI is InChI=1S/C35H44N2O2/c1-26(2)31-20-17-28(18-21-31)19-22-34(38)37(25-30-14-10-11-27(3)23-30)33(24-29-12-6-4-7-13-29)35(39)36-32-15-8-5-9-16-32/h4,6-7,10-14,17-18,20-21,23,26,32-33H,5,8-9,15-16,19,22,24-25H2,1-3H3,(H,36,39)/t33-/m0/s1. The Hall–Kier alpha value is -3.40. The minimum absolute atomic E-state index is 0.0177. The molecule has 0 saturated heterocycles. The summed E-state index contributed by atoms with van der Waals surface area (Å²) in [5.74, 6) is 0.462. The highest BCUT2D eigenvalue weighted by Gasteiger charge is 2.31. The molecule has 1 aliphatic carbocycles. The molecule has 4 rings (SSSR count). The van der Waals surface area contributed by atoms with Crippen molar-refractivity contribution in [3.63, 3.8) is 0 Å². The number of hydrogen-bond acceptors (Lipinski definition) is 2. The first kappa shape index (κ1) is 28.6. The number of nitrogens with one attached hydrogen (secondary N) is 1. The predicted molar refractivity (Wildman–Crippen MR) is 160 cm³/mol. The number of amides is 2. The van der Waals surface area contributed by atoms with E-state index in [0.717, 1.165) is 47.9 Å². The van der Waals surface area contributed by atoms with E-state index < -0.39 is 6.04 Å². The molecule has 0 aliphatic heterocycles. The monoisotopic (exact) mass is 524 g/mol. The number of rotatable bonds is 11. The van der Waals surface area contributed by atoms with Crippen molar-refractivity contribution >= 4 is 11.8 Å². The molecule has 1 N–H and O–H groups in total. The number of carbonyl (C=O) groups is 2. The van der Waals surface area contributed by atoms with Crippen molar-refractivity contribution in [1.29, 1.82) is 0 Å². The van der Waals surface area contributed by atoms with Crippen molar-refractivity contribution in [2.45, 2.75) is 96.7 Å². The van der Waals surface area contributed by atoms with E-state index in [4.69, 9.17) is 0 Å². The van der Waals surface area contributed by atoms with E-state index in [1.807, 2.05) is 41.3 Å². The van der Waals surface area contributed by atoms with Crippen molar-refractivity contribution in [3.05, 3.63) is 107 Å². The number of carbonyl (C=O) groups excluding carboxylic acids is 2. The lowest BCUT2D eigenvalue weighted by atomic mass is 9.94. The summed E-state index contributed by atoms with van der Waals surface area (Å²) in [5, 5.41) is 3.33. The Balaban J connectivity index is 1.59. The zero-order valence-electron chi connectivity index (χ0n) is 23.9. The summed E-state index contributed by atoms with van der Waals surface area (Å²) in [7, 11) is 0. The van der Waals surface area contributed by atoms with Crippen LogP contribution in [0.2, 0.25) is 0 Å². The Bertz CT molecular complexity index is 1200. The molecule has 1 saturated carbocycles. The van der Waals surface area contributed by atoms with Gasteiger partial charge in [-0.05, 0) is 54.4 Å². The van der Waals surface area contributed by atoms with Gasteiger partial charge in [0.05, 0.1) is 0 Å². The van der Waals surface area contributed by atoms with Gasteiger partial charge in [0, 0.05) is 25.4 Å². The summed E-state index contributed by atoms with van der Waals surface area (Å²) in [6.45, 7) is 6.86. The normalized spacial score (nSPS) is 14.7. The van der Waals surface area contributed by atoms with Crippen LogP contribution in [0.25, 0.3) is 0 Å². The van der Waals surface area contributed by atoms with E-state index in [0.29, 0.717) is 31.7 Å². The topological polar surface area (TPSA) is 49.4 Å². The summed E-state index contributed by atoms with van der Waals surface area (Å²) in [6.07, 6.45) is 7.09. The Kier molecular flexibility index (Phi) is 10.4. The van der Waals surface area contributed by atoms with Gasteiger partial charge < -0.3 is 10.2 Å². The zero-order chi connectivity index (χ0) is 27.6. The van der Waals surface area contributed by atoms with Crippen LogP contribution in [-0.4, -0.2) is 28.8 Å². The molecule has 206 valence electrons. The first-order valence-electron chi connectivity index (χ1n) is 14.7. The molecule has 4 heteroatoms. The van der Waals surface area contributed by atoms with Crippen LogP contribution in [0.15, 0.2) is 78.9 Å². The minimum Gasteiger partial charge on any atom is -0.352 e. The second-order valence-corrected chi connectivity index (χ2v) is 11.5. The van der Waals surface area contributed by atoms with Crippen LogP contribution < -0.4 is 5.32 Å². The van der Waals surface area contributed by atoms with Gasteiger partial charge in [0.1, 0.15) is 6.04 Å². The molecule has 1 fully saturated rings. The van der Waals surface area contributed by atoms with Gasteiger partial charge in [-0.1, -0.05) is 118 Å². The molecule has 0 heterocycles. The molecule has 4 nitrogen and oxygen atoms in total. The second kappa shape index (κ2) is 14.1. The molecule has 3 aromatic rings. The molecule has 0 bridgehead atoms. The number of hydrogen-bond donors (Lipinski definition) is 1. The Labute approximate surface area is 234 Å². The maximum atomic E-state index is 14.0. The Morgan fingerprint density at radius 2 is 1.54 bits per heavy atom. The highest BCUT2D eigenvalue weighted by Crippen LogP contribution is 2.21. The van der Waals surface area contributed by atoms with E-state index in [1.165, 1.54) is 12.0 Å². The fraction of sp³-hybridized carbons (Fsp3) is 0.429. The van der Waals surface area contributed by atoms with Crippen LogP contribution in [0.4, 0.5) is 0 Å². The first-order valence-corrected chi connectivity index (χ1v) is 14.7. The van der Waals surface area contributed by atoms with Crippen LogP contribution in [0.5, 0.6) is 0 Å². The fourth-order valence-corrected chi connectivity index (χ4v) is 5.57. The molecule has 0 spiro atoms. The minimum atomic E-state index is -0.564. The van der Waals surface area contributed by atoms with Gasteiger partial charge in [-0.25, -0.2) is 0 Å². The average molecular weight is 525 g/mol. The molecule has 0 radical (unpaired) electrons. The largest absolute Gasteiger partial charge is 0.352 e. The third kappa shape index (κ3) is 8.54. The zero-order valence-corrected chi connectivity index (χ0v) is 23.9. The average Bonchev–Trinajstić information content (AvgIpc) is 2.95. The summed E-state index contributed by atoms with van der Waals surface area (Å²) in [6, 6.07) is 26.5. The van der Waals surface area contributed by atoms with Crippen molar-refractivity contribution in [1.82, 2.24) is 10.2 Å². The van der Waals surface area contributed by atoms with Gasteiger partial charge in [0.25, 0.3) is 0 Å². The van der Waals surface area contributed by atoms with Crippen molar-refractivity contribution in [2.75, 3.05) is 0 Å². The van der Waals surface area contributed by atoms with Gasteiger partial charge in [0.15, 0.2) is 0 Å². The fourth-order valence-electron chi connectivity index (χ4n) is 5.57. The first-order chi connectivity index (χ1) is 18.9. The molecule has 0 aromatic heterocycles. The van der Waals surface area contributed by atoms with Gasteiger partial charge >= 0.3 is 0 Å². The number of aryl methyl sites for hydroxylation is 2. The third-order valence-electron chi connectivity index (χ3n) is 7.93. The van der Waals surface area contributed by atoms with Crippen LogP contribution in [0.1, 0.15) is 86.1 Å². The van der Waals surface area contributed by atoms with E-state index >= 15 is 0 Å². The summed E-state index contributed by atoms with van der Waals surface area (Å²) >= 11 is 0. The van der Waals surface area contributed by atoms with Crippen molar-refractivity contribution < 1.29 is 9.59 Å². The van der Waals surface area contributed by atoms with E-state index in [2.05, 4.69) is 68.6 Å². The van der Waals surface area contributed by atoms with Crippen LogP contribution in [0.3, 0.4) is 0 Å². The number of benzene rings is 3.